The van der Waals surface area contributed by atoms with Gasteiger partial charge in [-0.3, -0.25) is 0 Å². The minimum atomic E-state index is -3.67. The zero-order chi connectivity index (χ0) is 16.0. The van der Waals surface area contributed by atoms with Crippen LogP contribution in [0.25, 0.3) is 0 Å². The van der Waals surface area contributed by atoms with Crippen LogP contribution in [0.4, 0.5) is 0 Å². The van der Waals surface area contributed by atoms with Gasteiger partial charge in [0.1, 0.15) is 0 Å². The van der Waals surface area contributed by atoms with Gasteiger partial charge in [0.05, 0.1) is 24.2 Å². The minimum absolute atomic E-state index is 0.120. The molecule has 120 valence electrons. The number of benzene rings is 1. The van der Waals surface area contributed by atoms with Crippen LogP contribution in [-0.4, -0.2) is 47.0 Å². The molecule has 0 saturated heterocycles. The van der Waals surface area contributed by atoms with Crippen LogP contribution < -0.4 is 4.72 Å². The van der Waals surface area contributed by atoms with E-state index in [0.29, 0.717) is 17.7 Å². The minimum Gasteiger partial charge on any atom is -0.392 e. The largest absolute Gasteiger partial charge is 0.392 e. The van der Waals surface area contributed by atoms with Crippen molar-refractivity contribution in [2.45, 2.75) is 31.5 Å². The second kappa shape index (κ2) is 7.86. The summed E-state index contributed by atoms with van der Waals surface area (Å²) in [5.41, 5.74) is 2.06. The topological polar surface area (TPSA) is 84.9 Å². The highest BCUT2D eigenvalue weighted by atomic mass is 32.2. The molecular formula is C14H23NO5S. The summed E-state index contributed by atoms with van der Waals surface area (Å²) >= 11 is 0. The Labute approximate surface area is 126 Å². The highest BCUT2D eigenvalue weighted by Gasteiger charge is 2.20. The van der Waals surface area contributed by atoms with E-state index in [4.69, 9.17) is 9.47 Å². The number of hydrogen-bond acceptors (Lipinski definition) is 5. The summed E-state index contributed by atoms with van der Waals surface area (Å²) in [5.74, 6) is 0. The number of rotatable bonds is 8. The molecule has 0 saturated carbocycles. The molecule has 0 aliphatic heterocycles. The van der Waals surface area contributed by atoms with Crippen LogP contribution in [0.15, 0.2) is 17.0 Å². The Bertz CT molecular complexity index is 571. The SMILES string of the molecule is COCC(CNS(=O)(=O)c1cc(CO)cc(C)c1C)OC. The molecule has 0 aliphatic carbocycles. The van der Waals surface area contributed by atoms with Gasteiger partial charge in [-0.2, -0.15) is 0 Å². The first-order valence-corrected chi connectivity index (χ1v) is 8.06. The zero-order valence-corrected chi connectivity index (χ0v) is 13.7. The smallest absolute Gasteiger partial charge is 0.240 e. The van der Waals surface area contributed by atoms with E-state index in [2.05, 4.69) is 4.72 Å². The molecule has 0 spiro atoms. The first-order valence-electron chi connectivity index (χ1n) is 6.58. The van der Waals surface area contributed by atoms with E-state index in [1.165, 1.54) is 20.3 Å². The van der Waals surface area contributed by atoms with Gasteiger partial charge in [-0.05, 0) is 36.6 Å². The Hall–Kier alpha value is -0.990. The van der Waals surface area contributed by atoms with Gasteiger partial charge in [-0.25, -0.2) is 13.1 Å². The maximum Gasteiger partial charge on any atom is 0.240 e. The summed E-state index contributed by atoms with van der Waals surface area (Å²) in [6.07, 6.45) is -0.354. The van der Waals surface area contributed by atoms with Crippen LogP contribution in [0.3, 0.4) is 0 Å². The maximum absolute atomic E-state index is 12.4. The third kappa shape index (κ3) is 4.76. The van der Waals surface area contributed by atoms with Crippen LogP contribution in [-0.2, 0) is 26.1 Å². The van der Waals surface area contributed by atoms with Crippen molar-refractivity contribution in [2.24, 2.45) is 0 Å². The van der Waals surface area contributed by atoms with Gasteiger partial charge in [0, 0.05) is 20.8 Å². The second-order valence-electron chi connectivity index (χ2n) is 4.86. The molecule has 1 unspecified atom stereocenters. The Morgan fingerprint density at radius 1 is 1.29 bits per heavy atom. The Balaban J connectivity index is 3.00. The predicted molar refractivity (Wildman–Crippen MR) is 79.7 cm³/mol. The van der Waals surface area contributed by atoms with Gasteiger partial charge in [0.15, 0.2) is 0 Å². The number of methoxy groups -OCH3 is 2. The Kier molecular flexibility index (Phi) is 6.76. The van der Waals surface area contributed by atoms with Gasteiger partial charge in [-0.15, -0.1) is 0 Å². The summed E-state index contributed by atoms with van der Waals surface area (Å²) in [4.78, 5) is 0.179. The number of aliphatic hydroxyl groups is 1. The van der Waals surface area contributed by atoms with Crippen molar-refractivity contribution in [3.05, 3.63) is 28.8 Å². The highest BCUT2D eigenvalue weighted by molar-refractivity contribution is 7.89. The average molecular weight is 317 g/mol. The van der Waals surface area contributed by atoms with Crippen molar-refractivity contribution >= 4 is 10.0 Å². The standard InChI is InChI=1S/C14H23NO5S/c1-10-5-12(8-16)6-14(11(10)2)21(17,18)15-7-13(20-4)9-19-3/h5-6,13,15-16H,7-9H2,1-4H3. The van der Waals surface area contributed by atoms with Crippen molar-refractivity contribution in [1.82, 2.24) is 4.72 Å². The van der Waals surface area contributed by atoms with Gasteiger partial charge < -0.3 is 14.6 Å². The molecule has 6 nitrogen and oxygen atoms in total. The van der Waals surface area contributed by atoms with E-state index in [0.717, 1.165) is 5.56 Å². The summed E-state index contributed by atoms with van der Waals surface area (Å²) in [6.45, 7) is 3.78. The van der Waals surface area contributed by atoms with Crippen molar-refractivity contribution < 1.29 is 23.0 Å². The molecule has 1 aromatic carbocycles. The summed E-state index contributed by atoms with van der Waals surface area (Å²) in [7, 11) is -0.640. The van der Waals surface area contributed by atoms with Crippen molar-refractivity contribution in [3.63, 3.8) is 0 Å². The van der Waals surface area contributed by atoms with Gasteiger partial charge in [-0.1, -0.05) is 6.07 Å². The average Bonchev–Trinajstić information content (AvgIpc) is 2.45. The Morgan fingerprint density at radius 2 is 1.95 bits per heavy atom. The van der Waals surface area contributed by atoms with Crippen LogP contribution in [0, 0.1) is 13.8 Å². The van der Waals surface area contributed by atoms with E-state index in [1.807, 2.05) is 6.92 Å². The lowest BCUT2D eigenvalue weighted by Gasteiger charge is -2.17. The van der Waals surface area contributed by atoms with Crippen LogP contribution in [0.2, 0.25) is 0 Å². The molecule has 1 atom stereocenters. The first-order chi connectivity index (χ1) is 9.85. The van der Waals surface area contributed by atoms with E-state index >= 15 is 0 Å². The number of hydrogen-bond donors (Lipinski definition) is 2. The number of aliphatic hydroxyl groups excluding tert-OH is 1. The lowest BCUT2D eigenvalue weighted by atomic mass is 10.1. The molecule has 0 aromatic heterocycles. The Morgan fingerprint density at radius 3 is 2.48 bits per heavy atom. The summed E-state index contributed by atoms with van der Waals surface area (Å²) in [6, 6.07) is 3.26. The highest BCUT2D eigenvalue weighted by Crippen LogP contribution is 2.21. The fourth-order valence-electron chi connectivity index (χ4n) is 1.95. The number of ether oxygens (including phenoxy) is 2. The number of nitrogens with one attached hydrogen (secondary N) is 1. The van der Waals surface area contributed by atoms with Crippen molar-refractivity contribution in [3.8, 4) is 0 Å². The molecule has 0 fully saturated rings. The molecule has 0 heterocycles. The fraction of sp³-hybridized carbons (Fsp3) is 0.571. The van der Waals surface area contributed by atoms with E-state index in [1.54, 1.807) is 13.0 Å². The zero-order valence-electron chi connectivity index (χ0n) is 12.8. The summed E-state index contributed by atoms with van der Waals surface area (Å²) in [5, 5.41) is 9.22. The molecule has 21 heavy (non-hydrogen) atoms. The maximum atomic E-state index is 12.4. The quantitative estimate of drug-likeness (QED) is 0.738. The number of sulfonamides is 1. The molecular weight excluding hydrogens is 294 g/mol. The monoisotopic (exact) mass is 317 g/mol. The molecule has 0 radical (unpaired) electrons. The molecule has 0 aliphatic rings. The third-order valence-corrected chi connectivity index (χ3v) is 4.89. The molecule has 0 bridgehead atoms. The summed E-state index contributed by atoms with van der Waals surface area (Å²) < 4.78 is 37.4. The molecule has 1 rings (SSSR count). The third-order valence-electron chi connectivity index (χ3n) is 3.34. The first kappa shape index (κ1) is 18.1. The van der Waals surface area contributed by atoms with Gasteiger partial charge in [0.2, 0.25) is 10.0 Å². The van der Waals surface area contributed by atoms with Crippen LogP contribution >= 0.6 is 0 Å². The normalized spacial score (nSPS) is 13.4. The van der Waals surface area contributed by atoms with Gasteiger partial charge >= 0.3 is 0 Å². The molecule has 1 aromatic rings. The molecule has 7 heteroatoms. The fourth-order valence-corrected chi connectivity index (χ4v) is 3.38. The second-order valence-corrected chi connectivity index (χ2v) is 6.59. The van der Waals surface area contributed by atoms with Crippen LogP contribution in [0.5, 0.6) is 0 Å². The molecule has 0 amide bonds. The van der Waals surface area contributed by atoms with Gasteiger partial charge in [0.25, 0.3) is 0 Å². The van der Waals surface area contributed by atoms with E-state index < -0.39 is 10.0 Å². The number of aryl methyl sites for hydroxylation is 1. The van der Waals surface area contributed by atoms with E-state index in [-0.39, 0.29) is 24.2 Å². The molecule has 2 N–H and O–H groups in total. The van der Waals surface area contributed by atoms with Crippen molar-refractivity contribution in [1.29, 1.82) is 0 Å². The van der Waals surface area contributed by atoms with Crippen molar-refractivity contribution in [2.75, 3.05) is 27.4 Å². The predicted octanol–water partition coefficient (Wildman–Crippen LogP) is 0.735. The van der Waals surface area contributed by atoms with Crippen LogP contribution in [0.1, 0.15) is 16.7 Å². The lowest BCUT2D eigenvalue weighted by Crippen LogP contribution is -2.36. The lowest BCUT2D eigenvalue weighted by molar-refractivity contribution is 0.0320. The van der Waals surface area contributed by atoms with E-state index in [9.17, 15) is 13.5 Å².